The predicted molar refractivity (Wildman–Crippen MR) is 62.2 cm³/mol. The Kier molecular flexibility index (Phi) is 5.10. The van der Waals surface area contributed by atoms with Crippen LogP contribution in [0.5, 0.6) is 0 Å². The number of nitrogens with one attached hydrogen (secondary N) is 3. The van der Waals surface area contributed by atoms with Gasteiger partial charge in [-0.15, -0.1) is 0 Å². The number of alkyl halides is 4. The molecule has 0 atom stereocenters. The lowest BCUT2D eigenvalue weighted by Crippen LogP contribution is -2.41. The van der Waals surface area contributed by atoms with E-state index in [2.05, 4.69) is 15.5 Å². The van der Waals surface area contributed by atoms with E-state index in [1.807, 2.05) is 0 Å². The van der Waals surface area contributed by atoms with Crippen molar-refractivity contribution >= 4 is 10.0 Å². The molecule has 1 aromatic heterocycles. The summed E-state index contributed by atoms with van der Waals surface area (Å²) in [5, 5.41) is 8.77. The molecule has 0 aliphatic heterocycles. The van der Waals surface area contributed by atoms with Crippen molar-refractivity contribution in [3.8, 4) is 0 Å². The second-order valence-corrected chi connectivity index (χ2v) is 5.74. The Morgan fingerprint density at radius 3 is 2.50 bits per heavy atom. The van der Waals surface area contributed by atoms with Gasteiger partial charge in [0.1, 0.15) is 4.90 Å². The van der Waals surface area contributed by atoms with Crippen LogP contribution in [0.15, 0.2) is 4.90 Å². The van der Waals surface area contributed by atoms with Crippen LogP contribution in [0, 0.1) is 6.92 Å². The van der Waals surface area contributed by atoms with Crippen molar-refractivity contribution < 1.29 is 26.0 Å². The summed E-state index contributed by atoms with van der Waals surface area (Å²) in [5.74, 6) is -4.44. The summed E-state index contributed by atoms with van der Waals surface area (Å²) in [5.41, 5.74) is 0.209. The monoisotopic (exact) mass is 318 g/mol. The highest BCUT2D eigenvalue weighted by Crippen LogP contribution is 2.23. The van der Waals surface area contributed by atoms with E-state index in [-0.39, 0.29) is 22.8 Å². The predicted octanol–water partition coefficient (Wildman–Crippen LogP) is 0.616. The van der Waals surface area contributed by atoms with E-state index in [4.69, 9.17) is 0 Å². The Hall–Kier alpha value is -1.20. The molecule has 0 aliphatic rings. The highest BCUT2D eigenvalue weighted by molar-refractivity contribution is 7.89. The Morgan fingerprint density at radius 2 is 2.00 bits per heavy atom. The smallest absolute Gasteiger partial charge is 0.314 e. The Labute approximate surface area is 113 Å². The van der Waals surface area contributed by atoms with Gasteiger partial charge in [0.2, 0.25) is 10.0 Å². The third-order valence-electron chi connectivity index (χ3n) is 2.39. The van der Waals surface area contributed by atoms with Gasteiger partial charge < -0.3 is 5.32 Å². The largest absolute Gasteiger partial charge is 0.320 e. The molecule has 20 heavy (non-hydrogen) atoms. The average Bonchev–Trinajstić information content (AvgIpc) is 2.69. The maximum atomic E-state index is 12.8. The normalized spacial score (nSPS) is 13.2. The maximum absolute atomic E-state index is 12.8. The van der Waals surface area contributed by atoms with E-state index in [9.17, 15) is 26.0 Å². The summed E-state index contributed by atoms with van der Waals surface area (Å²) in [6.07, 6.45) is -3.95. The summed E-state index contributed by atoms with van der Waals surface area (Å²) >= 11 is 0. The van der Waals surface area contributed by atoms with E-state index in [1.165, 1.54) is 11.6 Å². The number of H-pyrrole nitrogens is 1. The van der Waals surface area contributed by atoms with Crippen molar-refractivity contribution in [2.45, 2.75) is 30.7 Å². The number of nitrogens with zero attached hydrogens (tertiary/aromatic N) is 1. The molecule has 0 amide bonds. The van der Waals surface area contributed by atoms with Crippen LogP contribution in [0.25, 0.3) is 0 Å². The Morgan fingerprint density at radius 1 is 1.40 bits per heavy atom. The zero-order valence-corrected chi connectivity index (χ0v) is 11.5. The van der Waals surface area contributed by atoms with Crippen molar-refractivity contribution in [1.29, 1.82) is 0 Å². The fourth-order valence-corrected chi connectivity index (χ4v) is 2.86. The highest BCUT2D eigenvalue weighted by Gasteiger charge is 2.42. The lowest BCUT2D eigenvalue weighted by Gasteiger charge is -2.16. The first-order chi connectivity index (χ1) is 9.12. The lowest BCUT2D eigenvalue weighted by atomic mass is 10.3. The third-order valence-corrected chi connectivity index (χ3v) is 3.99. The minimum Gasteiger partial charge on any atom is -0.314 e. The lowest BCUT2D eigenvalue weighted by molar-refractivity contribution is -0.122. The number of aryl methyl sites for hydroxylation is 1. The molecule has 0 fully saturated rings. The first-order valence-corrected chi connectivity index (χ1v) is 6.94. The molecule has 116 valence electrons. The topological polar surface area (TPSA) is 86.9 Å². The number of hydrogen-bond acceptors (Lipinski definition) is 4. The summed E-state index contributed by atoms with van der Waals surface area (Å²) in [6.45, 7) is -0.228. The number of hydrogen-bond donors (Lipinski definition) is 3. The van der Waals surface area contributed by atoms with Gasteiger partial charge in [-0.2, -0.15) is 13.9 Å². The zero-order valence-electron chi connectivity index (χ0n) is 10.7. The average molecular weight is 318 g/mol. The second kappa shape index (κ2) is 6.06. The summed E-state index contributed by atoms with van der Waals surface area (Å²) in [4.78, 5) is -0.322. The van der Waals surface area contributed by atoms with Crippen LogP contribution in [0.3, 0.4) is 0 Å². The van der Waals surface area contributed by atoms with Crippen molar-refractivity contribution in [2.75, 3.05) is 13.6 Å². The van der Waals surface area contributed by atoms with Gasteiger partial charge in [-0.25, -0.2) is 21.9 Å². The molecule has 1 heterocycles. The van der Waals surface area contributed by atoms with E-state index in [1.54, 1.807) is 7.05 Å². The first-order valence-electron chi connectivity index (χ1n) is 5.46. The molecule has 0 saturated carbocycles. The summed E-state index contributed by atoms with van der Waals surface area (Å²) in [7, 11) is -2.82. The fraction of sp³-hybridized carbons (Fsp3) is 0.667. The number of sulfonamides is 1. The van der Waals surface area contributed by atoms with Crippen LogP contribution < -0.4 is 10.0 Å². The van der Waals surface area contributed by atoms with Gasteiger partial charge >= 0.3 is 12.3 Å². The number of aromatic nitrogens is 2. The Bertz CT molecular complexity index is 558. The quantitative estimate of drug-likeness (QED) is 0.643. The molecule has 0 unspecified atom stereocenters. The molecule has 3 N–H and O–H groups in total. The van der Waals surface area contributed by atoms with E-state index in [0.717, 1.165) is 0 Å². The SMILES string of the molecule is CNCc1n[nH]c(C)c1S(=O)(=O)NCC(F)(F)C(F)F. The van der Waals surface area contributed by atoms with Crippen molar-refractivity contribution in [1.82, 2.24) is 20.2 Å². The molecule has 6 nitrogen and oxygen atoms in total. The number of aromatic amines is 1. The molecule has 0 bridgehead atoms. The van der Waals surface area contributed by atoms with Gasteiger partial charge in [0.25, 0.3) is 0 Å². The molecule has 0 aromatic carbocycles. The maximum Gasteiger partial charge on any atom is 0.320 e. The van der Waals surface area contributed by atoms with E-state index < -0.39 is 28.9 Å². The minimum absolute atomic E-state index is 0.0752. The summed E-state index contributed by atoms with van der Waals surface area (Å²) in [6, 6.07) is 0. The van der Waals surface area contributed by atoms with Crippen LogP contribution in [-0.2, 0) is 16.6 Å². The molecule has 0 aliphatic carbocycles. The molecular weight excluding hydrogens is 304 g/mol. The minimum atomic E-state index is -4.44. The molecule has 1 aromatic rings. The highest BCUT2D eigenvalue weighted by atomic mass is 32.2. The molecule has 1 rings (SSSR count). The van der Waals surface area contributed by atoms with Gasteiger partial charge in [0.15, 0.2) is 0 Å². The van der Waals surface area contributed by atoms with Crippen LogP contribution >= 0.6 is 0 Å². The van der Waals surface area contributed by atoms with Crippen LogP contribution in [-0.4, -0.2) is 44.6 Å². The van der Waals surface area contributed by atoms with E-state index >= 15 is 0 Å². The van der Waals surface area contributed by atoms with Gasteiger partial charge in [-0.3, -0.25) is 5.10 Å². The summed E-state index contributed by atoms with van der Waals surface area (Å²) < 4.78 is 74.8. The number of rotatable bonds is 7. The van der Waals surface area contributed by atoms with Gasteiger partial charge in [-0.1, -0.05) is 0 Å². The van der Waals surface area contributed by atoms with Crippen LogP contribution in [0.1, 0.15) is 11.4 Å². The van der Waals surface area contributed by atoms with Crippen LogP contribution in [0.4, 0.5) is 17.6 Å². The molecular formula is C9H14F4N4O2S. The van der Waals surface area contributed by atoms with Crippen molar-refractivity contribution in [2.24, 2.45) is 0 Å². The first kappa shape index (κ1) is 16.9. The second-order valence-electron chi connectivity index (χ2n) is 4.04. The van der Waals surface area contributed by atoms with Gasteiger partial charge in [0.05, 0.1) is 17.9 Å². The standard InChI is InChI=1S/C9H14F4N4O2S/c1-5-7(6(3-14-2)17-16-5)20(18,19)15-4-9(12,13)8(10)11/h8,14-15H,3-4H2,1-2H3,(H,16,17). The Balaban J connectivity index is 2.98. The number of halogens is 4. The van der Waals surface area contributed by atoms with Crippen molar-refractivity contribution in [3.63, 3.8) is 0 Å². The molecule has 0 spiro atoms. The molecule has 11 heteroatoms. The van der Waals surface area contributed by atoms with Crippen LogP contribution in [0.2, 0.25) is 0 Å². The molecule has 0 saturated heterocycles. The van der Waals surface area contributed by atoms with Gasteiger partial charge in [0, 0.05) is 6.54 Å². The van der Waals surface area contributed by atoms with E-state index in [0.29, 0.717) is 0 Å². The third kappa shape index (κ3) is 3.67. The van der Waals surface area contributed by atoms with Crippen molar-refractivity contribution in [3.05, 3.63) is 11.4 Å². The zero-order chi connectivity index (χ0) is 15.6. The fourth-order valence-electron chi connectivity index (χ4n) is 1.45. The van der Waals surface area contributed by atoms with Gasteiger partial charge in [-0.05, 0) is 14.0 Å². The molecule has 0 radical (unpaired) electrons.